The summed E-state index contributed by atoms with van der Waals surface area (Å²) in [6.07, 6.45) is 0.777. The molecule has 0 aliphatic rings. The van der Waals surface area contributed by atoms with Gasteiger partial charge >= 0.3 is 5.97 Å². The van der Waals surface area contributed by atoms with Gasteiger partial charge in [0.15, 0.2) is 6.10 Å². The highest BCUT2D eigenvalue weighted by molar-refractivity contribution is 9.10. The summed E-state index contributed by atoms with van der Waals surface area (Å²) in [6, 6.07) is 9.48. The fraction of sp³-hybridized carbons (Fsp3) is 0.167. The SMILES string of the molecule is C[C@@H](Oc1nn(-c2ccccc2)cc1Br)C(=O)O. The van der Waals surface area contributed by atoms with Crippen LogP contribution in [0.1, 0.15) is 6.92 Å². The standard InChI is InChI=1S/C12H11BrN2O3/c1-8(12(16)17)18-11-10(13)7-15(14-11)9-5-3-2-4-6-9/h2-8H,1H3,(H,16,17)/t8-/m1/s1. The van der Waals surface area contributed by atoms with Crippen molar-refractivity contribution in [3.05, 3.63) is 41.0 Å². The Bertz CT molecular complexity index is 554. The number of rotatable bonds is 4. The van der Waals surface area contributed by atoms with Crippen LogP contribution in [0.5, 0.6) is 5.88 Å². The molecule has 0 spiro atoms. The van der Waals surface area contributed by atoms with E-state index in [1.54, 1.807) is 10.9 Å². The Labute approximate surface area is 112 Å². The number of hydrogen-bond donors (Lipinski definition) is 1. The van der Waals surface area contributed by atoms with E-state index in [-0.39, 0.29) is 5.88 Å². The molecular weight excluding hydrogens is 300 g/mol. The molecule has 0 aliphatic carbocycles. The second-order valence-corrected chi connectivity index (χ2v) is 4.51. The number of aliphatic carboxylic acids is 1. The zero-order chi connectivity index (χ0) is 13.1. The van der Waals surface area contributed by atoms with Gasteiger partial charge in [-0.15, -0.1) is 5.10 Å². The molecule has 0 aliphatic heterocycles. The van der Waals surface area contributed by atoms with Crippen molar-refractivity contribution in [3.8, 4) is 11.6 Å². The van der Waals surface area contributed by atoms with Gasteiger partial charge in [-0.1, -0.05) is 18.2 Å². The van der Waals surface area contributed by atoms with Crippen molar-refractivity contribution in [3.63, 3.8) is 0 Å². The molecule has 0 saturated carbocycles. The molecule has 0 amide bonds. The Morgan fingerprint density at radius 1 is 1.44 bits per heavy atom. The minimum absolute atomic E-state index is 0.258. The predicted molar refractivity (Wildman–Crippen MR) is 69.0 cm³/mol. The molecule has 0 radical (unpaired) electrons. The largest absolute Gasteiger partial charge is 0.479 e. The minimum atomic E-state index is -1.03. The lowest BCUT2D eigenvalue weighted by Gasteiger charge is -2.07. The van der Waals surface area contributed by atoms with E-state index >= 15 is 0 Å². The van der Waals surface area contributed by atoms with Gasteiger partial charge in [-0.25, -0.2) is 9.48 Å². The van der Waals surface area contributed by atoms with E-state index < -0.39 is 12.1 Å². The monoisotopic (exact) mass is 310 g/mol. The molecule has 1 aromatic carbocycles. The third-order valence-corrected chi connectivity index (χ3v) is 2.84. The fourth-order valence-electron chi connectivity index (χ4n) is 1.35. The van der Waals surface area contributed by atoms with E-state index in [4.69, 9.17) is 9.84 Å². The number of aromatic nitrogens is 2. The molecule has 1 heterocycles. The van der Waals surface area contributed by atoms with Gasteiger partial charge in [0.05, 0.1) is 10.2 Å². The highest BCUT2D eigenvalue weighted by atomic mass is 79.9. The lowest BCUT2D eigenvalue weighted by molar-refractivity contribution is -0.144. The van der Waals surface area contributed by atoms with Gasteiger partial charge in [-0.2, -0.15) is 0 Å². The number of ether oxygens (including phenoxy) is 1. The van der Waals surface area contributed by atoms with Crippen molar-refractivity contribution in [2.24, 2.45) is 0 Å². The average Bonchev–Trinajstić information content (AvgIpc) is 2.72. The van der Waals surface area contributed by atoms with Gasteiger partial charge in [0.2, 0.25) is 5.88 Å². The topological polar surface area (TPSA) is 64.4 Å². The second kappa shape index (κ2) is 5.22. The Kier molecular flexibility index (Phi) is 3.66. The number of para-hydroxylation sites is 1. The van der Waals surface area contributed by atoms with Crippen LogP contribution in [0.3, 0.4) is 0 Å². The maximum Gasteiger partial charge on any atom is 0.344 e. The molecule has 94 valence electrons. The number of hydrogen-bond acceptors (Lipinski definition) is 3. The molecule has 5 nitrogen and oxygen atoms in total. The molecule has 1 atom stereocenters. The van der Waals surface area contributed by atoms with Crippen LogP contribution in [-0.2, 0) is 4.79 Å². The van der Waals surface area contributed by atoms with Crippen molar-refractivity contribution in [1.82, 2.24) is 9.78 Å². The molecule has 2 rings (SSSR count). The van der Waals surface area contributed by atoms with Crippen LogP contribution in [0, 0.1) is 0 Å². The van der Waals surface area contributed by atoms with Gasteiger partial charge < -0.3 is 9.84 Å². The van der Waals surface area contributed by atoms with Crippen molar-refractivity contribution in [1.29, 1.82) is 0 Å². The normalized spacial score (nSPS) is 12.1. The number of halogens is 1. The molecule has 0 fully saturated rings. The summed E-state index contributed by atoms with van der Waals surface area (Å²) in [7, 11) is 0. The smallest absolute Gasteiger partial charge is 0.344 e. The highest BCUT2D eigenvalue weighted by Gasteiger charge is 2.17. The zero-order valence-electron chi connectivity index (χ0n) is 9.58. The van der Waals surface area contributed by atoms with Crippen LogP contribution in [0.2, 0.25) is 0 Å². The van der Waals surface area contributed by atoms with E-state index in [2.05, 4.69) is 21.0 Å². The van der Waals surface area contributed by atoms with Gasteiger partial charge in [0.25, 0.3) is 0 Å². The number of carbonyl (C=O) groups is 1. The Morgan fingerprint density at radius 3 is 2.72 bits per heavy atom. The van der Waals surface area contributed by atoms with E-state index in [0.29, 0.717) is 4.47 Å². The van der Waals surface area contributed by atoms with E-state index in [9.17, 15) is 4.79 Å². The first-order chi connectivity index (χ1) is 8.58. The highest BCUT2D eigenvalue weighted by Crippen LogP contribution is 2.25. The van der Waals surface area contributed by atoms with Gasteiger partial charge in [0, 0.05) is 6.20 Å². The quantitative estimate of drug-likeness (QED) is 0.942. The summed E-state index contributed by atoms with van der Waals surface area (Å²) in [4.78, 5) is 10.7. The third kappa shape index (κ3) is 2.70. The Morgan fingerprint density at radius 2 is 2.11 bits per heavy atom. The zero-order valence-corrected chi connectivity index (χ0v) is 11.2. The van der Waals surface area contributed by atoms with Gasteiger partial charge in [-0.05, 0) is 35.0 Å². The van der Waals surface area contributed by atoms with Gasteiger partial charge in [0.1, 0.15) is 0 Å². The van der Waals surface area contributed by atoms with Crippen LogP contribution >= 0.6 is 15.9 Å². The first kappa shape index (κ1) is 12.6. The van der Waals surface area contributed by atoms with Crippen LogP contribution in [0.4, 0.5) is 0 Å². The van der Waals surface area contributed by atoms with Crippen molar-refractivity contribution in [2.45, 2.75) is 13.0 Å². The van der Waals surface area contributed by atoms with Crippen molar-refractivity contribution < 1.29 is 14.6 Å². The maximum absolute atomic E-state index is 10.7. The molecule has 0 saturated heterocycles. The third-order valence-electron chi connectivity index (χ3n) is 2.30. The predicted octanol–water partition coefficient (Wildman–Crippen LogP) is 2.49. The molecule has 18 heavy (non-hydrogen) atoms. The number of carboxylic acids is 1. The maximum atomic E-state index is 10.7. The lowest BCUT2D eigenvalue weighted by atomic mass is 10.3. The Balaban J connectivity index is 2.25. The molecule has 1 aromatic heterocycles. The summed E-state index contributed by atoms with van der Waals surface area (Å²) >= 11 is 3.29. The van der Waals surface area contributed by atoms with Gasteiger partial charge in [-0.3, -0.25) is 0 Å². The van der Waals surface area contributed by atoms with Crippen LogP contribution < -0.4 is 4.74 Å². The summed E-state index contributed by atoms with van der Waals surface area (Å²) in [6.45, 7) is 1.45. The van der Waals surface area contributed by atoms with E-state index in [0.717, 1.165) is 5.69 Å². The summed E-state index contributed by atoms with van der Waals surface area (Å²) in [5.41, 5.74) is 0.871. The van der Waals surface area contributed by atoms with Crippen LogP contribution in [0.15, 0.2) is 41.0 Å². The fourth-order valence-corrected chi connectivity index (χ4v) is 1.71. The second-order valence-electron chi connectivity index (χ2n) is 3.66. The molecular formula is C12H11BrN2O3. The van der Waals surface area contributed by atoms with E-state index in [1.807, 2.05) is 30.3 Å². The number of benzene rings is 1. The first-order valence-electron chi connectivity index (χ1n) is 5.28. The van der Waals surface area contributed by atoms with Crippen molar-refractivity contribution >= 4 is 21.9 Å². The summed E-state index contributed by atoms with van der Waals surface area (Å²) in [5, 5.41) is 13.0. The molecule has 1 N–H and O–H groups in total. The molecule has 0 unspecified atom stereocenters. The Hall–Kier alpha value is -1.82. The van der Waals surface area contributed by atoms with Crippen LogP contribution in [0.25, 0.3) is 5.69 Å². The lowest BCUT2D eigenvalue weighted by Crippen LogP contribution is -2.23. The average molecular weight is 311 g/mol. The van der Waals surface area contributed by atoms with Crippen molar-refractivity contribution in [2.75, 3.05) is 0 Å². The molecule has 2 aromatic rings. The number of nitrogens with zero attached hydrogens (tertiary/aromatic N) is 2. The van der Waals surface area contributed by atoms with Crippen LogP contribution in [-0.4, -0.2) is 27.0 Å². The first-order valence-corrected chi connectivity index (χ1v) is 6.07. The molecule has 6 heteroatoms. The molecule has 0 bridgehead atoms. The minimum Gasteiger partial charge on any atom is -0.479 e. The summed E-state index contributed by atoms with van der Waals surface area (Å²) in [5.74, 6) is -0.773. The summed E-state index contributed by atoms with van der Waals surface area (Å²) < 4.78 is 7.46. The van der Waals surface area contributed by atoms with E-state index in [1.165, 1.54) is 6.92 Å². The number of carboxylic acid groups (broad SMARTS) is 1.